The number of hydrogen-bond donors (Lipinski definition) is 2. The summed E-state index contributed by atoms with van der Waals surface area (Å²) < 4.78 is 5.64. The van der Waals surface area contributed by atoms with Crippen LogP contribution in [0.2, 0.25) is 0 Å². The molecular formula is C17H17N3O3. The number of anilines is 2. The SMILES string of the molecule is O=Cc1cccc(OCCCc2ccc3c(n2)NCC(=O)N3)c1. The molecule has 0 atom stereocenters. The Morgan fingerprint density at radius 2 is 2.17 bits per heavy atom. The van der Waals surface area contributed by atoms with E-state index in [1.807, 2.05) is 18.2 Å². The van der Waals surface area contributed by atoms with E-state index in [0.717, 1.165) is 24.8 Å². The first kappa shape index (κ1) is 15.0. The van der Waals surface area contributed by atoms with Crippen molar-refractivity contribution < 1.29 is 14.3 Å². The number of nitrogens with zero attached hydrogens (tertiary/aromatic N) is 1. The minimum Gasteiger partial charge on any atom is -0.494 e. The molecule has 2 N–H and O–H groups in total. The molecule has 2 aromatic rings. The summed E-state index contributed by atoms with van der Waals surface area (Å²) in [7, 11) is 0. The molecule has 23 heavy (non-hydrogen) atoms. The lowest BCUT2D eigenvalue weighted by molar-refractivity contribution is -0.114. The number of aldehydes is 1. The molecule has 0 radical (unpaired) electrons. The molecule has 6 heteroatoms. The number of aromatic nitrogens is 1. The predicted molar refractivity (Wildman–Crippen MR) is 87.0 cm³/mol. The van der Waals surface area contributed by atoms with Crippen molar-refractivity contribution in [2.24, 2.45) is 0 Å². The maximum atomic E-state index is 11.3. The van der Waals surface area contributed by atoms with Gasteiger partial charge in [-0.15, -0.1) is 0 Å². The number of ether oxygens (including phenoxy) is 1. The highest BCUT2D eigenvalue weighted by molar-refractivity contribution is 5.99. The lowest BCUT2D eigenvalue weighted by Gasteiger charge is -2.18. The van der Waals surface area contributed by atoms with Gasteiger partial charge in [0.05, 0.1) is 18.8 Å². The van der Waals surface area contributed by atoms with Gasteiger partial charge in [-0.05, 0) is 37.1 Å². The van der Waals surface area contributed by atoms with Crippen LogP contribution in [-0.4, -0.2) is 30.3 Å². The van der Waals surface area contributed by atoms with E-state index in [0.29, 0.717) is 29.4 Å². The highest BCUT2D eigenvalue weighted by Crippen LogP contribution is 2.22. The molecule has 1 aliphatic rings. The zero-order valence-corrected chi connectivity index (χ0v) is 12.5. The van der Waals surface area contributed by atoms with E-state index in [2.05, 4.69) is 15.6 Å². The van der Waals surface area contributed by atoms with E-state index in [1.54, 1.807) is 18.2 Å². The van der Waals surface area contributed by atoms with Gasteiger partial charge in [-0.25, -0.2) is 4.98 Å². The van der Waals surface area contributed by atoms with E-state index in [-0.39, 0.29) is 12.5 Å². The Kier molecular flexibility index (Phi) is 4.52. The van der Waals surface area contributed by atoms with Crippen molar-refractivity contribution >= 4 is 23.7 Å². The van der Waals surface area contributed by atoms with Gasteiger partial charge in [0.1, 0.15) is 12.0 Å². The highest BCUT2D eigenvalue weighted by Gasteiger charge is 2.15. The molecule has 1 aromatic heterocycles. The molecule has 0 fully saturated rings. The average Bonchev–Trinajstić information content (AvgIpc) is 2.59. The number of hydrogen-bond acceptors (Lipinski definition) is 5. The fourth-order valence-corrected chi connectivity index (χ4v) is 2.35. The van der Waals surface area contributed by atoms with Crippen LogP contribution < -0.4 is 15.4 Å². The number of aryl methyl sites for hydroxylation is 1. The third-order valence-corrected chi connectivity index (χ3v) is 3.48. The Morgan fingerprint density at radius 1 is 1.26 bits per heavy atom. The van der Waals surface area contributed by atoms with Gasteiger partial charge in [-0.1, -0.05) is 12.1 Å². The van der Waals surface area contributed by atoms with Crippen molar-refractivity contribution in [3.05, 3.63) is 47.7 Å². The molecule has 0 unspecified atom stereocenters. The van der Waals surface area contributed by atoms with Crippen LogP contribution in [0.3, 0.4) is 0 Å². The lowest BCUT2D eigenvalue weighted by Crippen LogP contribution is -2.28. The van der Waals surface area contributed by atoms with E-state index >= 15 is 0 Å². The van der Waals surface area contributed by atoms with Crippen molar-refractivity contribution in [3.8, 4) is 5.75 Å². The second-order valence-electron chi connectivity index (χ2n) is 5.24. The number of fused-ring (bicyclic) bond motifs is 1. The zero-order valence-electron chi connectivity index (χ0n) is 12.5. The van der Waals surface area contributed by atoms with Crippen LogP contribution >= 0.6 is 0 Å². The topological polar surface area (TPSA) is 80.3 Å². The van der Waals surface area contributed by atoms with Gasteiger partial charge in [-0.3, -0.25) is 9.59 Å². The van der Waals surface area contributed by atoms with E-state index in [4.69, 9.17) is 4.74 Å². The maximum Gasteiger partial charge on any atom is 0.243 e. The van der Waals surface area contributed by atoms with Crippen LogP contribution in [0.15, 0.2) is 36.4 Å². The first-order valence-electron chi connectivity index (χ1n) is 7.46. The van der Waals surface area contributed by atoms with Crippen LogP contribution in [0.4, 0.5) is 11.5 Å². The third kappa shape index (κ3) is 3.85. The van der Waals surface area contributed by atoms with E-state index in [9.17, 15) is 9.59 Å². The van der Waals surface area contributed by atoms with E-state index < -0.39 is 0 Å². The molecular weight excluding hydrogens is 294 g/mol. The van der Waals surface area contributed by atoms with Gasteiger partial charge in [0, 0.05) is 11.3 Å². The Morgan fingerprint density at radius 3 is 3.04 bits per heavy atom. The third-order valence-electron chi connectivity index (χ3n) is 3.48. The fraction of sp³-hybridized carbons (Fsp3) is 0.235. The number of carbonyl (C=O) groups excluding carboxylic acids is 2. The monoisotopic (exact) mass is 311 g/mol. The van der Waals surface area contributed by atoms with Crippen molar-refractivity contribution in [2.45, 2.75) is 12.8 Å². The second kappa shape index (κ2) is 6.91. The van der Waals surface area contributed by atoms with Gasteiger partial charge >= 0.3 is 0 Å². The van der Waals surface area contributed by atoms with Crippen molar-refractivity contribution in [2.75, 3.05) is 23.8 Å². The minimum atomic E-state index is -0.0574. The molecule has 2 heterocycles. The summed E-state index contributed by atoms with van der Waals surface area (Å²) in [5.41, 5.74) is 2.26. The highest BCUT2D eigenvalue weighted by atomic mass is 16.5. The summed E-state index contributed by atoms with van der Waals surface area (Å²) in [6.45, 7) is 0.797. The summed E-state index contributed by atoms with van der Waals surface area (Å²) >= 11 is 0. The molecule has 0 saturated heterocycles. The molecule has 1 amide bonds. The molecule has 6 nitrogen and oxygen atoms in total. The lowest BCUT2D eigenvalue weighted by atomic mass is 10.2. The summed E-state index contributed by atoms with van der Waals surface area (Å²) in [6.07, 6.45) is 2.38. The Labute approximate surface area is 133 Å². The van der Waals surface area contributed by atoms with Crippen LogP contribution in [0, 0.1) is 0 Å². The van der Waals surface area contributed by atoms with Crippen molar-refractivity contribution in [1.82, 2.24) is 4.98 Å². The smallest absolute Gasteiger partial charge is 0.243 e. The van der Waals surface area contributed by atoms with Crippen molar-refractivity contribution in [1.29, 1.82) is 0 Å². The number of pyridine rings is 1. The Hall–Kier alpha value is -2.89. The van der Waals surface area contributed by atoms with Crippen LogP contribution in [-0.2, 0) is 11.2 Å². The largest absolute Gasteiger partial charge is 0.494 e. The fourth-order valence-electron chi connectivity index (χ4n) is 2.35. The number of nitrogens with one attached hydrogen (secondary N) is 2. The normalized spacial score (nSPS) is 12.8. The number of benzene rings is 1. The van der Waals surface area contributed by atoms with Gasteiger partial charge < -0.3 is 15.4 Å². The zero-order chi connectivity index (χ0) is 16.1. The number of amides is 1. The summed E-state index contributed by atoms with van der Waals surface area (Å²) in [5.74, 6) is 1.34. The van der Waals surface area contributed by atoms with Gasteiger partial charge in [0.25, 0.3) is 0 Å². The van der Waals surface area contributed by atoms with E-state index in [1.165, 1.54) is 0 Å². The second-order valence-corrected chi connectivity index (χ2v) is 5.24. The summed E-state index contributed by atoms with van der Waals surface area (Å²) in [6, 6.07) is 10.8. The Bertz CT molecular complexity index is 731. The molecule has 1 aliphatic heterocycles. The molecule has 0 spiro atoms. The standard InChI is InChI=1S/C17H17N3O3/c21-11-12-3-1-5-14(9-12)23-8-2-4-13-6-7-15-17(19-13)18-10-16(22)20-15/h1,3,5-7,9,11H,2,4,8,10H2,(H,18,19)(H,20,22). The molecule has 0 bridgehead atoms. The van der Waals surface area contributed by atoms with Crippen molar-refractivity contribution in [3.63, 3.8) is 0 Å². The average molecular weight is 311 g/mol. The minimum absolute atomic E-state index is 0.0574. The molecule has 0 aliphatic carbocycles. The number of rotatable bonds is 6. The van der Waals surface area contributed by atoms with Gasteiger partial charge in [0.15, 0.2) is 5.82 Å². The molecule has 0 saturated carbocycles. The first-order valence-corrected chi connectivity index (χ1v) is 7.46. The van der Waals surface area contributed by atoms with Crippen LogP contribution in [0.1, 0.15) is 22.5 Å². The summed E-state index contributed by atoms with van der Waals surface area (Å²) in [5, 5.41) is 5.76. The van der Waals surface area contributed by atoms with Gasteiger partial charge in [0.2, 0.25) is 5.91 Å². The van der Waals surface area contributed by atoms with Gasteiger partial charge in [-0.2, -0.15) is 0 Å². The van der Waals surface area contributed by atoms with Crippen LogP contribution in [0.25, 0.3) is 0 Å². The number of carbonyl (C=O) groups is 2. The molecule has 3 rings (SSSR count). The summed E-state index contributed by atoms with van der Waals surface area (Å²) in [4.78, 5) is 26.5. The first-order chi connectivity index (χ1) is 11.2. The molecule has 118 valence electrons. The molecule has 1 aromatic carbocycles. The Balaban J connectivity index is 1.51. The quantitative estimate of drug-likeness (QED) is 0.632. The van der Waals surface area contributed by atoms with Crippen LogP contribution in [0.5, 0.6) is 5.75 Å². The predicted octanol–water partition coefficient (Wildman–Crippen LogP) is 2.27. The maximum absolute atomic E-state index is 11.3.